The Bertz CT molecular complexity index is 867. The van der Waals surface area contributed by atoms with Crippen molar-refractivity contribution in [2.24, 2.45) is 21.0 Å². The fourth-order valence-electron chi connectivity index (χ4n) is 2.42. The molecule has 0 saturated heterocycles. The van der Waals surface area contributed by atoms with E-state index in [4.69, 9.17) is 5.11 Å². The quantitative estimate of drug-likeness (QED) is 0.762. The van der Waals surface area contributed by atoms with E-state index in [1.807, 2.05) is 0 Å². The zero-order valence-electron chi connectivity index (χ0n) is 14.2. The van der Waals surface area contributed by atoms with Gasteiger partial charge >= 0.3 is 6.18 Å². The third kappa shape index (κ3) is 4.57. The van der Waals surface area contributed by atoms with Crippen LogP contribution in [0.15, 0.2) is 39.4 Å². The summed E-state index contributed by atoms with van der Waals surface area (Å²) in [4.78, 5) is 32.0. The number of carbonyl (C=O) groups excluding carboxylic acids is 2. The lowest BCUT2D eigenvalue weighted by atomic mass is 10.1. The van der Waals surface area contributed by atoms with E-state index in [1.165, 1.54) is 11.2 Å². The van der Waals surface area contributed by atoms with E-state index in [0.29, 0.717) is 5.84 Å². The number of thioether (sulfide) groups is 1. The Kier molecular flexibility index (Phi) is 5.79. The van der Waals surface area contributed by atoms with Gasteiger partial charge in [0.2, 0.25) is 5.91 Å². The van der Waals surface area contributed by atoms with Gasteiger partial charge in [0.25, 0.3) is 5.91 Å². The fourth-order valence-corrected chi connectivity index (χ4v) is 3.07. The lowest BCUT2D eigenvalue weighted by molar-refractivity contribution is -0.137. The van der Waals surface area contributed by atoms with E-state index in [9.17, 15) is 22.8 Å². The van der Waals surface area contributed by atoms with Crippen molar-refractivity contribution in [2.75, 3.05) is 24.2 Å². The molecule has 2 aliphatic rings. The molecule has 1 aromatic carbocycles. The fraction of sp³-hybridized carbons (Fsp3) is 0.312. The molecule has 1 unspecified atom stereocenters. The van der Waals surface area contributed by atoms with Crippen LogP contribution in [0.1, 0.15) is 5.56 Å². The number of carbonyl (C=O) groups is 2. The van der Waals surface area contributed by atoms with Crippen molar-refractivity contribution in [3.05, 3.63) is 29.8 Å². The predicted octanol–water partition coefficient (Wildman–Crippen LogP) is 1.58. The number of rotatable bonds is 5. The third-order valence-electron chi connectivity index (χ3n) is 3.72. The van der Waals surface area contributed by atoms with E-state index < -0.39 is 29.5 Å². The monoisotopic (exact) mass is 413 g/mol. The van der Waals surface area contributed by atoms with Crippen molar-refractivity contribution in [2.45, 2.75) is 6.18 Å². The third-order valence-corrected chi connectivity index (χ3v) is 4.57. The van der Waals surface area contributed by atoms with Gasteiger partial charge in [-0.25, -0.2) is 10.0 Å². The summed E-state index contributed by atoms with van der Waals surface area (Å²) in [7, 11) is 0. The van der Waals surface area contributed by atoms with Gasteiger partial charge in [-0.15, -0.1) is 0 Å². The highest BCUT2D eigenvalue weighted by Crippen LogP contribution is 2.30. The van der Waals surface area contributed by atoms with Gasteiger partial charge in [0.15, 0.2) is 5.17 Å². The van der Waals surface area contributed by atoms with Crippen molar-refractivity contribution >= 4 is 46.5 Å². The standard InChI is InChI=1S/C16H14F3N5O3S/c17-16(18,19)9-1-3-10(4-2-9)21-12(26)8-28-15-22-13-11(14(27)23-15)7-20-24(13)5-6-25/h1-4,7,11,25H,5-6,8H2,(H,21,26). The van der Waals surface area contributed by atoms with Gasteiger partial charge in [-0.3, -0.25) is 9.59 Å². The van der Waals surface area contributed by atoms with Crippen LogP contribution in [0.5, 0.6) is 0 Å². The Hall–Kier alpha value is -2.73. The molecule has 12 heteroatoms. The largest absolute Gasteiger partial charge is 0.416 e. The maximum absolute atomic E-state index is 12.5. The van der Waals surface area contributed by atoms with Gasteiger partial charge in [-0.2, -0.15) is 23.3 Å². The number of nitrogens with one attached hydrogen (secondary N) is 1. The zero-order chi connectivity index (χ0) is 20.3. The lowest BCUT2D eigenvalue weighted by Crippen LogP contribution is -2.35. The van der Waals surface area contributed by atoms with Gasteiger partial charge in [0.1, 0.15) is 11.8 Å². The molecular weight excluding hydrogens is 399 g/mol. The number of hydrogen-bond donors (Lipinski definition) is 2. The summed E-state index contributed by atoms with van der Waals surface area (Å²) in [6, 6.07) is 4.05. The molecular formula is C16H14F3N5O3S. The van der Waals surface area contributed by atoms with Crippen LogP contribution in [0.4, 0.5) is 18.9 Å². The highest BCUT2D eigenvalue weighted by molar-refractivity contribution is 8.14. The molecule has 0 bridgehead atoms. The molecule has 0 radical (unpaired) electrons. The second-order valence-electron chi connectivity index (χ2n) is 5.70. The van der Waals surface area contributed by atoms with Crippen molar-refractivity contribution in [1.29, 1.82) is 0 Å². The average molecular weight is 413 g/mol. The molecule has 0 fully saturated rings. The number of amidine groups is 2. The Morgan fingerprint density at radius 3 is 2.61 bits per heavy atom. The number of hydrazone groups is 1. The first-order valence-electron chi connectivity index (χ1n) is 8.01. The Morgan fingerprint density at radius 2 is 1.96 bits per heavy atom. The maximum atomic E-state index is 12.5. The van der Waals surface area contributed by atoms with Gasteiger partial charge in [-0.1, -0.05) is 11.8 Å². The van der Waals surface area contributed by atoms with Crippen LogP contribution in [-0.2, 0) is 15.8 Å². The number of aliphatic hydroxyl groups excluding tert-OH is 1. The van der Waals surface area contributed by atoms with Crippen molar-refractivity contribution in [3.63, 3.8) is 0 Å². The molecule has 148 valence electrons. The molecule has 3 rings (SSSR count). The molecule has 8 nitrogen and oxygen atoms in total. The molecule has 2 N–H and O–H groups in total. The highest BCUT2D eigenvalue weighted by Gasteiger charge is 2.35. The summed E-state index contributed by atoms with van der Waals surface area (Å²) in [6.45, 7) is -0.00209. The minimum absolute atomic E-state index is 0.0762. The van der Waals surface area contributed by atoms with E-state index in [2.05, 4.69) is 20.4 Å². The lowest BCUT2D eigenvalue weighted by Gasteiger charge is -2.19. The molecule has 0 aliphatic carbocycles. The first kappa shape index (κ1) is 20.0. The first-order valence-corrected chi connectivity index (χ1v) is 9.00. The number of aliphatic hydroxyl groups is 1. The van der Waals surface area contributed by atoms with Crippen LogP contribution in [0.2, 0.25) is 0 Å². The van der Waals surface area contributed by atoms with Gasteiger partial charge in [0.05, 0.1) is 24.5 Å². The topological polar surface area (TPSA) is 107 Å². The SMILES string of the molecule is O=C(CSC1=NC(=O)C2C=NN(CCO)C2=N1)Nc1ccc(C(F)(F)F)cc1. The van der Waals surface area contributed by atoms with Crippen molar-refractivity contribution in [1.82, 2.24) is 5.01 Å². The second kappa shape index (κ2) is 8.10. The molecule has 28 heavy (non-hydrogen) atoms. The van der Waals surface area contributed by atoms with Crippen LogP contribution in [0.3, 0.4) is 0 Å². The number of hydrogen-bond acceptors (Lipinski definition) is 7. The Balaban J connectivity index is 1.57. The molecule has 0 spiro atoms. The van der Waals surface area contributed by atoms with E-state index in [1.54, 1.807) is 0 Å². The van der Waals surface area contributed by atoms with E-state index >= 15 is 0 Å². The number of alkyl halides is 3. The van der Waals surface area contributed by atoms with Crippen LogP contribution >= 0.6 is 11.8 Å². The highest BCUT2D eigenvalue weighted by atomic mass is 32.2. The van der Waals surface area contributed by atoms with Crippen LogP contribution in [-0.4, -0.2) is 58.1 Å². The van der Waals surface area contributed by atoms with E-state index in [0.717, 1.165) is 36.0 Å². The normalized spacial score (nSPS) is 18.6. The Morgan fingerprint density at radius 1 is 1.25 bits per heavy atom. The summed E-state index contributed by atoms with van der Waals surface area (Å²) >= 11 is 0.910. The average Bonchev–Trinajstić information content (AvgIpc) is 3.04. The van der Waals surface area contributed by atoms with Gasteiger partial charge < -0.3 is 10.4 Å². The summed E-state index contributed by atoms with van der Waals surface area (Å²) in [5, 5.41) is 16.9. The maximum Gasteiger partial charge on any atom is 0.416 e. The molecule has 1 atom stereocenters. The predicted molar refractivity (Wildman–Crippen MR) is 98.2 cm³/mol. The number of fused-ring (bicyclic) bond motifs is 1. The van der Waals surface area contributed by atoms with Crippen LogP contribution in [0, 0.1) is 5.92 Å². The number of anilines is 1. The number of nitrogens with zero attached hydrogens (tertiary/aromatic N) is 4. The summed E-state index contributed by atoms with van der Waals surface area (Å²) in [5.41, 5.74) is -0.600. The van der Waals surface area contributed by atoms with E-state index in [-0.39, 0.29) is 29.8 Å². The minimum Gasteiger partial charge on any atom is -0.394 e. The van der Waals surface area contributed by atoms with Crippen LogP contribution < -0.4 is 5.32 Å². The number of benzene rings is 1. The summed E-state index contributed by atoms with van der Waals surface area (Å²) in [5.74, 6) is -1.47. The van der Waals surface area contributed by atoms with Crippen molar-refractivity contribution < 1.29 is 27.9 Å². The molecule has 2 aliphatic heterocycles. The number of amides is 2. The smallest absolute Gasteiger partial charge is 0.394 e. The molecule has 1 aromatic rings. The first-order chi connectivity index (χ1) is 13.3. The van der Waals surface area contributed by atoms with Crippen molar-refractivity contribution in [3.8, 4) is 0 Å². The molecule has 2 heterocycles. The Labute approximate surface area is 161 Å². The number of aliphatic imine (C=N–C) groups is 2. The van der Waals surface area contributed by atoms with Crippen LogP contribution in [0.25, 0.3) is 0 Å². The molecule has 2 amide bonds. The van der Waals surface area contributed by atoms with Gasteiger partial charge in [-0.05, 0) is 24.3 Å². The summed E-state index contributed by atoms with van der Waals surface area (Å²) in [6.07, 6.45) is -3.06. The zero-order valence-corrected chi connectivity index (χ0v) is 15.0. The second-order valence-corrected chi connectivity index (χ2v) is 6.65. The van der Waals surface area contributed by atoms with Gasteiger partial charge in [0, 0.05) is 11.9 Å². The summed E-state index contributed by atoms with van der Waals surface area (Å²) < 4.78 is 37.6. The molecule has 0 saturated carbocycles. The number of β-amino-alcohol motifs (C(OH)–C–C–N with tert-alkyl or cyclic N) is 1. The number of halogens is 3. The molecule has 0 aromatic heterocycles. The minimum atomic E-state index is -4.45.